The molecule has 0 spiro atoms. The Kier molecular flexibility index (Phi) is 9.45. The van der Waals surface area contributed by atoms with Gasteiger partial charge in [0.1, 0.15) is 12.6 Å². The summed E-state index contributed by atoms with van der Waals surface area (Å²) in [6.45, 7) is 8.58. The van der Waals surface area contributed by atoms with E-state index in [-0.39, 0.29) is 54.1 Å². The van der Waals surface area contributed by atoms with Gasteiger partial charge in [0.2, 0.25) is 11.7 Å². The minimum absolute atomic E-state index is 0.0164. The van der Waals surface area contributed by atoms with Crippen molar-refractivity contribution in [3.05, 3.63) is 82.8 Å². The quantitative estimate of drug-likeness (QED) is 0.320. The van der Waals surface area contributed by atoms with Crippen molar-refractivity contribution < 1.29 is 29.3 Å². The van der Waals surface area contributed by atoms with Gasteiger partial charge >= 0.3 is 5.97 Å². The maximum Gasteiger partial charge on any atom is 0.326 e. The first kappa shape index (κ1) is 30.5. The van der Waals surface area contributed by atoms with Crippen LogP contribution in [-0.2, 0) is 28.2 Å². The van der Waals surface area contributed by atoms with Crippen molar-refractivity contribution in [3.63, 3.8) is 0 Å². The Labute approximate surface area is 245 Å². The molecule has 222 valence electrons. The first-order chi connectivity index (χ1) is 20.0. The summed E-state index contributed by atoms with van der Waals surface area (Å²) in [5, 5.41) is 22.6. The van der Waals surface area contributed by atoms with Crippen LogP contribution in [0.25, 0.3) is 0 Å². The molecule has 42 heavy (non-hydrogen) atoms. The highest BCUT2D eigenvalue weighted by atomic mass is 16.5. The number of benzene rings is 2. The summed E-state index contributed by atoms with van der Waals surface area (Å²) in [5.74, 6) is -2.78. The topological polar surface area (TPSA) is 142 Å². The molecule has 0 bridgehead atoms. The van der Waals surface area contributed by atoms with E-state index < -0.39 is 23.8 Å². The van der Waals surface area contributed by atoms with Crippen LogP contribution in [0.15, 0.2) is 54.6 Å². The number of carbonyl (C=O) groups is 3. The van der Waals surface area contributed by atoms with Gasteiger partial charge in [-0.25, -0.2) is 9.78 Å². The SMILES string of the molecule is CCC(NC(=O)c1nc(CN2CCC(c3ccc(C(C)(C)C)cc3)CC2=O)nc(O)c1OCc1ccccc1)C(=O)O. The maximum atomic E-state index is 13.2. The molecule has 1 fully saturated rings. The molecule has 0 radical (unpaired) electrons. The van der Waals surface area contributed by atoms with Crippen LogP contribution in [-0.4, -0.2) is 55.5 Å². The minimum atomic E-state index is -1.20. The second kappa shape index (κ2) is 13.0. The highest BCUT2D eigenvalue weighted by Crippen LogP contribution is 2.33. The molecule has 3 aromatic rings. The lowest BCUT2D eigenvalue weighted by Crippen LogP contribution is -2.41. The predicted octanol–water partition coefficient (Wildman–Crippen LogP) is 4.56. The van der Waals surface area contributed by atoms with Gasteiger partial charge in [0.15, 0.2) is 11.5 Å². The van der Waals surface area contributed by atoms with Crippen LogP contribution in [0.4, 0.5) is 0 Å². The molecule has 0 saturated carbocycles. The molecule has 2 aromatic carbocycles. The number of nitrogens with zero attached hydrogens (tertiary/aromatic N) is 3. The number of carboxylic acid groups (broad SMARTS) is 1. The number of carboxylic acids is 1. The van der Waals surface area contributed by atoms with Gasteiger partial charge in [-0.3, -0.25) is 9.59 Å². The molecule has 1 aliphatic rings. The Bertz CT molecular complexity index is 1420. The van der Waals surface area contributed by atoms with E-state index in [9.17, 15) is 24.6 Å². The first-order valence-corrected chi connectivity index (χ1v) is 14.1. The summed E-state index contributed by atoms with van der Waals surface area (Å²) in [5.41, 5.74) is 2.89. The van der Waals surface area contributed by atoms with Gasteiger partial charge in [-0.15, -0.1) is 0 Å². The molecule has 10 heteroatoms. The van der Waals surface area contributed by atoms with Gasteiger partial charge in [0.05, 0.1) is 6.54 Å². The van der Waals surface area contributed by atoms with Crippen LogP contribution < -0.4 is 10.1 Å². The average molecular weight is 575 g/mol. The zero-order valence-corrected chi connectivity index (χ0v) is 24.5. The predicted molar refractivity (Wildman–Crippen MR) is 156 cm³/mol. The molecule has 1 aliphatic heterocycles. The summed E-state index contributed by atoms with van der Waals surface area (Å²) < 4.78 is 5.75. The Balaban J connectivity index is 1.52. The van der Waals surface area contributed by atoms with Gasteiger partial charge in [0, 0.05) is 13.0 Å². The van der Waals surface area contributed by atoms with E-state index in [0.29, 0.717) is 13.0 Å². The molecule has 3 N–H and O–H groups in total. The van der Waals surface area contributed by atoms with E-state index in [4.69, 9.17) is 4.74 Å². The lowest BCUT2D eigenvalue weighted by atomic mass is 9.83. The standard InChI is InChI=1S/C32H38N4O6/c1-5-24(31(40)41)33-29(38)27-28(42-19-20-9-7-6-8-10-20)30(39)35-25(34-27)18-36-16-15-22(17-26(36)37)21-11-13-23(14-12-21)32(2,3)4/h6-14,22,24H,5,15-19H2,1-4H3,(H,33,38)(H,40,41)(H,34,35,39). The van der Waals surface area contributed by atoms with Gasteiger partial charge < -0.3 is 25.2 Å². The Morgan fingerprint density at radius 2 is 1.79 bits per heavy atom. The summed E-state index contributed by atoms with van der Waals surface area (Å²) >= 11 is 0. The summed E-state index contributed by atoms with van der Waals surface area (Å²) in [6.07, 6.45) is 1.21. The highest BCUT2D eigenvalue weighted by molar-refractivity contribution is 5.97. The number of piperidine rings is 1. The number of amides is 2. The molecule has 2 amide bonds. The molecule has 1 saturated heterocycles. The fourth-order valence-electron chi connectivity index (χ4n) is 4.89. The number of nitrogens with one attached hydrogen (secondary N) is 1. The number of rotatable bonds is 10. The Morgan fingerprint density at radius 3 is 2.38 bits per heavy atom. The third-order valence-corrected chi connectivity index (χ3v) is 7.45. The van der Waals surface area contributed by atoms with Gasteiger partial charge in [-0.1, -0.05) is 82.3 Å². The van der Waals surface area contributed by atoms with Crippen molar-refractivity contribution in [1.29, 1.82) is 0 Å². The largest absolute Gasteiger partial charge is 0.491 e. The fourth-order valence-corrected chi connectivity index (χ4v) is 4.89. The lowest BCUT2D eigenvalue weighted by Gasteiger charge is -2.32. The zero-order chi connectivity index (χ0) is 30.4. The van der Waals surface area contributed by atoms with Crippen molar-refractivity contribution in [2.75, 3.05) is 6.54 Å². The van der Waals surface area contributed by atoms with Crippen molar-refractivity contribution in [1.82, 2.24) is 20.2 Å². The third-order valence-electron chi connectivity index (χ3n) is 7.45. The molecule has 2 heterocycles. The van der Waals surface area contributed by atoms with Crippen molar-refractivity contribution >= 4 is 17.8 Å². The number of aromatic hydroxyl groups is 1. The van der Waals surface area contributed by atoms with Crippen LogP contribution in [0.5, 0.6) is 11.6 Å². The first-order valence-electron chi connectivity index (χ1n) is 14.1. The van der Waals surface area contributed by atoms with Crippen molar-refractivity contribution in [2.24, 2.45) is 0 Å². The lowest BCUT2D eigenvalue weighted by molar-refractivity contribution is -0.139. The molecule has 0 aliphatic carbocycles. The highest BCUT2D eigenvalue weighted by Gasteiger charge is 2.30. The number of ether oxygens (including phenoxy) is 1. The number of aliphatic carboxylic acids is 1. The summed E-state index contributed by atoms with van der Waals surface area (Å²) in [6, 6.07) is 16.4. The number of hydrogen-bond donors (Lipinski definition) is 3. The van der Waals surface area contributed by atoms with E-state index in [1.807, 2.05) is 30.3 Å². The van der Waals surface area contributed by atoms with Crippen LogP contribution >= 0.6 is 0 Å². The molecule has 10 nitrogen and oxygen atoms in total. The smallest absolute Gasteiger partial charge is 0.326 e. The number of aromatic nitrogens is 2. The van der Waals surface area contributed by atoms with E-state index >= 15 is 0 Å². The number of hydrogen-bond acceptors (Lipinski definition) is 7. The molecule has 2 atom stereocenters. The Hall–Kier alpha value is -4.47. The van der Waals surface area contributed by atoms with Crippen LogP contribution in [0.2, 0.25) is 0 Å². The minimum Gasteiger partial charge on any atom is -0.491 e. The molecular weight excluding hydrogens is 536 g/mol. The third kappa shape index (κ3) is 7.43. The average Bonchev–Trinajstić information content (AvgIpc) is 2.96. The second-order valence-corrected chi connectivity index (χ2v) is 11.6. The van der Waals surface area contributed by atoms with E-state index in [2.05, 4.69) is 60.3 Å². The van der Waals surface area contributed by atoms with Crippen LogP contribution in [0.1, 0.15) is 85.9 Å². The molecule has 4 rings (SSSR count). The van der Waals surface area contributed by atoms with Crippen LogP contribution in [0.3, 0.4) is 0 Å². The van der Waals surface area contributed by atoms with Gasteiger partial charge in [-0.05, 0) is 40.9 Å². The van der Waals surface area contributed by atoms with Gasteiger partial charge in [-0.2, -0.15) is 4.98 Å². The second-order valence-electron chi connectivity index (χ2n) is 11.6. The summed E-state index contributed by atoms with van der Waals surface area (Å²) in [7, 11) is 0. The fraction of sp³-hybridized carbons (Fsp3) is 0.406. The van der Waals surface area contributed by atoms with E-state index in [1.54, 1.807) is 11.8 Å². The number of carbonyl (C=O) groups excluding carboxylic acids is 2. The summed E-state index contributed by atoms with van der Waals surface area (Å²) in [4.78, 5) is 47.9. The van der Waals surface area contributed by atoms with E-state index in [1.165, 1.54) is 5.56 Å². The normalized spacial score (nSPS) is 16.1. The number of likely N-dealkylation sites (tertiary alicyclic amines) is 1. The zero-order valence-electron chi connectivity index (χ0n) is 24.5. The molecular formula is C32H38N4O6. The molecule has 2 unspecified atom stereocenters. The maximum absolute atomic E-state index is 13.2. The van der Waals surface area contributed by atoms with Crippen LogP contribution in [0, 0.1) is 0 Å². The van der Waals surface area contributed by atoms with Gasteiger partial charge in [0.25, 0.3) is 11.8 Å². The van der Waals surface area contributed by atoms with E-state index in [0.717, 1.165) is 17.5 Å². The van der Waals surface area contributed by atoms with Crippen molar-refractivity contribution in [2.45, 2.75) is 77.5 Å². The van der Waals surface area contributed by atoms with Crippen molar-refractivity contribution in [3.8, 4) is 11.6 Å². The Morgan fingerprint density at radius 1 is 1.10 bits per heavy atom. The molecule has 1 aromatic heterocycles. The monoisotopic (exact) mass is 574 g/mol.